The van der Waals surface area contributed by atoms with Crippen molar-refractivity contribution >= 4 is 17.3 Å². The van der Waals surface area contributed by atoms with E-state index in [1.807, 2.05) is 6.07 Å². The minimum absolute atomic E-state index is 0.284. The maximum absolute atomic E-state index is 12.9. The minimum Gasteiger partial charge on any atom is -0.382 e. The highest BCUT2D eigenvalue weighted by atomic mass is 19.1. The normalized spacial score (nSPS) is 16.2. The van der Waals surface area contributed by atoms with Crippen LogP contribution in [0.2, 0.25) is 0 Å². The second-order valence-electron chi connectivity index (χ2n) is 4.99. The van der Waals surface area contributed by atoms with Gasteiger partial charge < -0.3 is 10.2 Å². The molecule has 2 aromatic rings. The smallest absolute Gasteiger partial charge is 0.268 e. The van der Waals surface area contributed by atoms with Gasteiger partial charge in [0.1, 0.15) is 11.9 Å². The van der Waals surface area contributed by atoms with Gasteiger partial charge in [-0.15, -0.1) is 0 Å². The fourth-order valence-corrected chi connectivity index (χ4v) is 2.23. The van der Waals surface area contributed by atoms with E-state index in [1.54, 1.807) is 36.4 Å². The summed E-state index contributed by atoms with van der Waals surface area (Å²) < 4.78 is 12.9. The summed E-state index contributed by atoms with van der Waals surface area (Å²) >= 11 is 0. The van der Waals surface area contributed by atoms with Crippen molar-refractivity contribution in [3.8, 4) is 6.07 Å². The van der Waals surface area contributed by atoms with Crippen LogP contribution in [0.25, 0.3) is 0 Å². The van der Waals surface area contributed by atoms with E-state index >= 15 is 0 Å². The number of nitrogens with zero attached hydrogens (tertiary/aromatic N) is 2. The number of para-hydroxylation sites is 1. The van der Waals surface area contributed by atoms with Crippen molar-refractivity contribution in [1.82, 2.24) is 0 Å². The Bertz CT molecular complexity index is 809. The molecule has 1 N–H and O–H groups in total. The summed E-state index contributed by atoms with van der Waals surface area (Å²) in [6.07, 6.45) is -0.492. The summed E-state index contributed by atoms with van der Waals surface area (Å²) in [7, 11) is 0. The summed E-state index contributed by atoms with van der Waals surface area (Å²) in [5, 5.41) is 15.6. The molecule has 23 heavy (non-hydrogen) atoms. The average molecular weight is 309 g/mol. The van der Waals surface area contributed by atoms with Crippen LogP contribution < -0.4 is 5.32 Å². The van der Waals surface area contributed by atoms with Gasteiger partial charge in [0.15, 0.2) is 0 Å². The zero-order chi connectivity index (χ0) is 16.2. The van der Waals surface area contributed by atoms with Gasteiger partial charge in [0.25, 0.3) is 5.91 Å². The first-order valence-electron chi connectivity index (χ1n) is 6.96. The third kappa shape index (κ3) is 3.19. The lowest BCUT2D eigenvalue weighted by Crippen LogP contribution is -2.28. The molecule has 1 atom stereocenters. The molecule has 114 valence electrons. The van der Waals surface area contributed by atoms with E-state index in [-0.39, 0.29) is 18.1 Å². The first-order valence-corrected chi connectivity index (χ1v) is 6.96. The van der Waals surface area contributed by atoms with Crippen LogP contribution in [-0.4, -0.2) is 17.7 Å². The van der Waals surface area contributed by atoms with Crippen LogP contribution in [0.15, 0.2) is 53.7 Å². The Labute approximate surface area is 132 Å². The molecule has 1 unspecified atom stereocenters. The Morgan fingerprint density at radius 1 is 1.26 bits per heavy atom. The number of rotatable bonds is 3. The van der Waals surface area contributed by atoms with Crippen molar-refractivity contribution < 1.29 is 14.0 Å². The maximum atomic E-state index is 12.9. The molecule has 0 bridgehead atoms. The van der Waals surface area contributed by atoms with Crippen LogP contribution in [0, 0.1) is 17.1 Å². The van der Waals surface area contributed by atoms with E-state index in [0.29, 0.717) is 22.5 Å². The van der Waals surface area contributed by atoms with Gasteiger partial charge >= 0.3 is 0 Å². The molecule has 1 aliphatic heterocycles. The van der Waals surface area contributed by atoms with Crippen molar-refractivity contribution in [1.29, 1.82) is 5.26 Å². The highest BCUT2D eigenvalue weighted by Gasteiger charge is 2.29. The quantitative estimate of drug-likeness (QED) is 0.947. The van der Waals surface area contributed by atoms with Gasteiger partial charge in [-0.1, -0.05) is 29.4 Å². The summed E-state index contributed by atoms with van der Waals surface area (Å²) in [6.45, 7) is 0. The number of oxime groups is 1. The third-order valence-electron chi connectivity index (χ3n) is 3.44. The number of carbonyl (C=O) groups excluding carboxylic acids is 1. The van der Waals surface area contributed by atoms with Crippen LogP contribution in [0.4, 0.5) is 10.1 Å². The Kier molecular flexibility index (Phi) is 4.02. The molecular weight excluding hydrogens is 297 g/mol. The zero-order valence-electron chi connectivity index (χ0n) is 12.0. The molecule has 0 saturated heterocycles. The number of carbonyl (C=O) groups is 1. The molecule has 3 rings (SSSR count). The van der Waals surface area contributed by atoms with Crippen LogP contribution >= 0.6 is 0 Å². The molecule has 5 nitrogen and oxygen atoms in total. The molecule has 2 aromatic carbocycles. The number of benzene rings is 2. The number of hydrogen-bond donors (Lipinski definition) is 1. The van der Waals surface area contributed by atoms with Crippen molar-refractivity contribution in [2.75, 3.05) is 5.32 Å². The molecule has 0 fully saturated rings. The number of nitriles is 1. The Balaban J connectivity index is 1.67. The lowest BCUT2D eigenvalue weighted by molar-refractivity contribution is -0.125. The van der Waals surface area contributed by atoms with Crippen molar-refractivity contribution in [3.63, 3.8) is 0 Å². The minimum atomic E-state index is -0.776. The predicted octanol–water partition coefficient (Wildman–Crippen LogP) is 2.83. The van der Waals surface area contributed by atoms with Crippen molar-refractivity contribution in [2.24, 2.45) is 5.16 Å². The van der Waals surface area contributed by atoms with E-state index < -0.39 is 6.10 Å². The van der Waals surface area contributed by atoms with Crippen molar-refractivity contribution in [2.45, 2.75) is 12.5 Å². The predicted molar refractivity (Wildman–Crippen MR) is 82.2 cm³/mol. The number of amides is 1. The fraction of sp³-hybridized carbons (Fsp3) is 0.118. The number of hydrogen-bond acceptors (Lipinski definition) is 4. The van der Waals surface area contributed by atoms with Crippen molar-refractivity contribution in [3.05, 3.63) is 65.5 Å². The number of anilines is 1. The Hall–Kier alpha value is -3.20. The summed E-state index contributed by atoms with van der Waals surface area (Å²) in [6, 6.07) is 14.5. The Morgan fingerprint density at radius 2 is 2.00 bits per heavy atom. The molecule has 0 saturated carbocycles. The summed E-state index contributed by atoms with van der Waals surface area (Å²) in [5.74, 6) is -0.718. The maximum Gasteiger partial charge on any atom is 0.268 e. The molecular formula is C17H12FN3O2. The van der Waals surface area contributed by atoms with Crippen LogP contribution in [0.1, 0.15) is 17.5 Å². The molecule has 0 aromatic heterocycles. The van der Waals surface area contributed by atoms with Gasteiger partial charge in [-0.25, -0.2) is 4.39 Å². The van der Waals surface area contributed by atoms with E-state index in [4.69, 9.17) is 10.1 Å². The van der Waals surface area contributed by atoms with E-state index in [2.05, 4.69) is 10.5 Å². The fourth-order valence-electron chi connectivity index (χ4n) is 2.23. The molecule has 1 aliphatic rings. The molecule has 0 aliphatic carbocycles. The van der Waals surface area contributed by atoms with E-state index in [1.165, 1.54) is 12.1 Å². The molecule has 6 heteroatoms. The van der Waals surface area contributed by atoms with Gasteiger partial charge in [-0.05, 0) is 29.8 Å². The largest absolute Gasteiger partial charge is 0.382 e. The first kappa shape index (κ1) is 14.7. The topological polar surface area (TPSA) is 74.5 Å². The van der Waals surface area contributed by atoms with Gasteiger partial charge in [0, 0.05) is 6.42 Å². The highest BCUT2D eigenvalue weighted by molar-refractivity contribution is 6.06. The molecule has 1 amide bonds. The second-order valence-corrected chi connectivity index (χ2v) is 4.99. The zero-order valence-corrected chi connectivity index (χ0v) is 12.0. The van der Waals surface area contributed by atoms with Gasteiger partial charge in [0.05, 0.1) is 17.0 Å². The monoisotopic (exact) mass is 309 g/mol. The second kappa shape index (κ2) is 6.28. The first-order chi connectivity index (χ1) is 11.2. The lowest BCUT2D eigenvalue weighted by atomic mass is 10.0. The summed E-state index contributed by atoms with van der Waals surface area (Å²) in [5.41, 5.74) is 2.09. The third-order valence-corrected chi connectivity index (χ3v) is 3.44. The lowest BCUT2D eigenvalue weighted by Gasteiger charge is -2.10. The van der Waals surface area contributed by atoms with Gasteiger partial charge in [-0.3, -0.25) is 4.79 Å². The SMILES string of the molecule is N#Cc1ccccc1NC(=O)C1CC(c2ccc(F)cc2)=NO1. The number of halogens is 1. The van der Waals surface area contributed by atoms with Crippen LogP contribution in [0.5, 0.6) is 0 Å². The van der Waals surface area contributed by atoms with Crippen LogP contribution in [-0.2, 0) is 9.63 Å². The van der Waals surface area contributed by atoms with E-state index in [0.717, 1.165) is 0 Å². The van der Waals surface area contributed by atoms with Crippen LogP contribution in [0.3, 0.4) is 0 Å². The molecule has 0 radical (unpaired) electrons. The highest BCUT2D eigenvalue weighted by Crippen LogP contribution is 2.20. The Morgan fingerprint density at radius 3 is 2.74 bits per heavy atom. The molecule has 1 heterocycles. The summed E-state index contributed by atoms with van der Waals surface area (Å²) in [4.78, 5) is 17.4. The number of nitrogens with one attached hydrogen (secondary N) is 1. The van der Waals surface area contributed by atoms with Gasteiger partial charge in [0.2, 0.25) is 6.10 Å². The van der Waals surface area contributed by atoms with E-state index in [9.17, 15) is 9.18 Å². The van der Waals surface area contributed by atoms with Gasteiger partial charge in [-0.2, -0.15) is 5.26 Å². The molecule has 0 spiro atoms. The standard InChI is InChI=1S/C17H12FN3O2/c18-13-7-5-11(6-8-13)15-9-16(23-21-15)17(22)20-14-4-2-1-3-12(14)10-19/h1-8,16H,9H2,(H,20,22). The average Bonchev–Trinajstić information content (AvgIpc) is 3.06.